The Hall–Kier alpha value is -2.68. The number of carbonyl (C=O) groups is 2. The van der Waals surface area contributed by atoms with Gasteiger partial charge < -0.3 is 14.2 Å². The Bertz CT molecular complexity index is 1160. The lowest BCUT2D eigenvalue weighted by atomic mass is 9.87. The van der Waals surface area contributed by atoms with Crippen LogP contribution in [-0.4, -0.2) is 47.5 Å². The molecule has 2 aromatic rings. The van der Waals surface area contributed by atoms with Gasteiger partial charge in [-0.15, -0.1) is 0 Å². The number of hydrogen-bond acceptors (Lipinski definition) is 7. The molecule has 184 valence electrons. The van der Waals surface area contributed by atoms with Gasteiger partial charge in [-0.3, -0.25) is 9.69 Å². The Morgan fingerprint density at radius 1 is 1.20 bits per heavy atom. The second-order valence-corrected chi connectivity index (χ2v) is 11.2. The van der Waals surface area contributed by atoms with Gasteiger partial charge in [0.25, 0.3) is 5.91 Å². The van der Waals surface area contributed by atoms with E-state index in [9.17, 15) is 9.59 Å². The van der Waals surface area contributed by atoms with Gasteiger partial charge in [0.15, 0.2) is 11.5 Å². The molecule has 8 heteroatoms. The quantitative estimate of drug-likeness (QED) is 0.217. The summed E-state index contributed by atoms with van der Waals surface area (Å²) in [6, 6.07) is 12.6. The highest BCUT2D eigenvalue weighted by Crippen LogP contribution is 2.35. The summed E-state index contributed by atoms with van der Waals surface area (Å²) in [5.41, 5.74) is 2.34. The number of benzene rings is 2. The lowest BCUT2D eigenvalue weighted by Gasteiger charge is -2.19. The fourth-order valence-electron chi connectivity index (χ4n) is 3.92. The molecule has 0 saturated carbocycles. The fourth-order valence-corrected chi connectivity index (χ4v) is 5.20. The molecule has 2 heterocycles. The highest BCUT2D eigenvalue weighted by Gasteiger charge is 2.34. The van der Waals surface area contributed by atoms with Crippen LogP contribution < -0.4 is 9.47 Å². The van der Waals surface area contributed by atoms with E-state index < -0.39 is 5.97 Å². The molecule has 1 atom stereocenters. The predicted octanol–water partition coefficient (Wildman–Crippen LogP) is 5.59. The molecule has 0 N–H and O–H groups in total. The molecule has 2 fully saturated rings. The Labute approximate surface area is 215 Å². The summed E-state index contributed by atoms with van der Waals surface area (Å²) in [6.45, 7) is 7.57. The summed E-state index contributed by atoms with van der Waals surface area (Å²) < 4.78 is 17.2. The van der Waals surface area contributed by atoms with Gasteiger partial charge in [0.05, 0.1) is 30.2 Å². The molecule has 0 spiro atoms. The largest absolute Gasteiger partial charge is 0.493 e. The van der Waals surface area contributed by atoms with E-state index in [0.29, 0.717) is 32.8 Å². The van der Waals surface area contributed by atoms with Gasteiger partial charge in [0.1, 0.15) is 4.32 Å². The van der Waals surface area contributed by atoms with Crippen molar-refractivity contribution in [2.75, 3.05) is 20.3 Å². The minimum atomic E-state index is -0.466. The maximum Gasteiger partial charge on any atom is 0.343 e. The number of methoxy groups -OCH3 is 1. The van der Waals surface area contributed by atoms with Crippen LogP contribution >= 0.6 is 24.0 Å². The van der Waals surface area contributed by atoms with Crippen molar-refractivity contribution in [3.63, 3.8) is 0 Å². The van der Waals surface area contributed by atoms with E-state index in [2.05, 4.69) is 20.8 Å². The summed E-state index contributed by atoms with van der Waals surface area (Å²) in [6.07, 6.45) is 3.76. The van der Waals surface area contributed by atoms with Gasteiger partial charge in [-0.25, -0.2) is 4.79 Å². The molecule has 4 rings (SSSR count). The topological polar surface area (TPSA) is 65.1 Å². The van der Waals surface area contributed by atoms with Gasteiger partial charge >= 0.3 is 5.97 Å². The van der Waals surface area contributed by atoms with E-state index in [-0.39, 0.29) is 17.4 Å². The summed E-state index contributed by atoms with van der Waals surface area (Å²) in [5.74, 6) is 0.115. The van der Waals surface area contributed by atoms with E-state index in [1.165, 1.54) is 18.9 Å². The van der Waals surface area contributed by atoms with Crippen molar-refractivity contribution in [2.24, 2.45) is 0 Å². The summed E-state index contributed by atoms with van der Waals surface area (Å²) in [5, 5.41) is 0. The van der Waals surface area contributed by atoms with Crippen molar-refractivity contribution >= 4 is 46.3 Å². The van der Waals surface area contributed by atoms with E-state index in [4.69, 9.17) is 26.4 Å². The number of ether oxygens (including phenoxy) is 3. The zero-order valence-electron chi connectivity index (χ0n) is 20.3. The standard InChI is InChI=1S/C27H29NO5S2/c1-27(2,3)19-10-8-18(9-11-19)25(30)33-21-12-7-17(14-22(21)31-4)15-23-24(29)28(26(34)35-23)16-20-6-5-13-32-20/h7-12,14-15,20H,5-6,13,16H2,1-4H3. The monoisotopic (exact) mass is 511 g/mol. The first-order valence-corrected chi connectivity index (χ1v) is 12.8. The Morgan fingerprint density at radius 2 is 1.94 bits per heavy atom. The summed E-state index contributed by atoms with van der Waals surface area (Å²) in [4.78, 5) is 27.8. The van der Waals surface area contributed by atoms with Gasteiger partial charge in [0, 0.05) is 6.61 Å². The number of carbonyl (C=O) groups excluding carboxylic acids is 2. The number of hydrogen-bond donors (Lipinski definition) is 0. The Morgan fingerprint density at radius 3 is 2.57 bits per heavy atom. The lowest BCUT2D eigenvalue weighted by molar-refractivity contribution is -0.123. The normalized spacial score (nSPS) is 19.5. The summed E-state index contributed by atoms with van der Waals surface area (Å²) in [7, 11) is 1.51. The van der Waals surface area contributed by atoms with Crippen LogP contribution in [0, 0.1) is 0 Å². The molecule has 2 saturated heterocycles. The van der Waals surface area contributed by atoms with Crippen LogP contribution in [0.3, 0.4) is 0 Å². The Kier molecular flexibility index (Phi) is 7.64. The number of thiocarbonyl (C=S) groups is 1. The molecule has 0 radical (unpaired) electrons. The molecule has 2 aliphatic rings. The highest BCUT2D eigenvalue weighted by atomic mass is 32.2. The average molecular weight is 512 g/mol. The van der Waals surface area contributed by atoms with Crippen molar-refractivity contribution < 1.29 is 23.8 Å². The third-order valence-electron chi connectivity index (χ3n) is 5.96. The van der Waals surface area contributed by atoms with Crippen LogP contribution in [-0.2, 0) is 14.9 Å². The highest BCUT2D eigenvalue weighted by molar-refractivity contribution is 8.26. The predicted molar refractivity (Wildman–Crippen MR) is 142 cm³/mol. The first-order chi connectivity index (χ1) is 16.7. The number of rotatable bonds is 6. The van der Waals surface area contributed by atoms with Crippen LogP contribution in [0.2, 0.25) is 0 Å². The first kappa shape index (κ1) is 25.4. The number of esters is 1. The van der Waals surface area contributed by atoms with Crippen LogP contribution in [0.5, 0.6) is 11.5 Å². The smallest absolute Gasteiger partial charge is 0.343 e. The third kappa shape index (κ3) is 5.94. The molecule has 0 bridgehead atoms. The molecule has 35 heavy (non-hydrogen) atoms. The van der Waals surface area contributed by atoms with Crippen LogP contribution in [0.4, 0.5) is 0 Å². The van der Waals surface area contributed by atoms with Crippen molar-refractivity contribution in [2.45, 2.75) is 45.1 Å². The zero-order valence-corrected chi connectivity index (χ0v) is 22.0. The minimum Gasteiger partial charge on any atom is -0.493 e. The lowest BCUT2D eigenvalue weighted by Crippen LogP contribution is -2.35. The number of nitrogens with zero attached hydrogens (tertiary/aromatic N) is 1. The minimum absolute atomic E-state index is 0.0000323. The first-order valence-electron chi connectivity index (χ1n) is 11.5. The SMILES string of the molecule is COc1cc(C=C2SC(=S)N(CC3CCCO3)C2=O)ccc1OC(=O)c1ccc(C(C)(C)C)cc1. The van der Waals surface area contributed by atoms with E-state index in [1.807, 2.05) is 12.1 Å². The molecule has 2 aromatic carbocycles. The van der Waals surface area contributed by atoms with Crippen LogP contribution in [0.1, 0.15) is 55.1 Å². The van der Waals surface area contributed by atoms with Gasteiger partial charge in [-0.2, -0.15) is 0 Å². The van der Waals surface area contributed by atoms with Crippen molar-refractivity contribution in [3.05, 3.63) is 64.1 Å². The second-order valence-electron chi connectivity index (χ2n) is 9.55. The maximum atomic E-state index is 12.9. The fraction of sp³-hybridized carbons (Fsp3) is 0.370. The van der Waals surface area contributed by atoms with E-state index in [0.717, 1.165) is 30.6 Å². The second kappa shape index (κ2) is 10.5. The zero-order chi connectivity index (χ0) is 25.2. The maximum absolute atomic E-state index is 12.9. The molecule has 0 aromatic heterocycles. The number of amides is 1. The molecule has 2 aliphatic heterocycles. The van der Waals surface area contributed by atoms with Crippen LogP contribution in [0.25, 0.3) is 6.08 Å². The van der Waals surface area contributed by atoms with Crippen molar-refractivity contribution in [3.8, 4) is 11.5 Å². The average Bonchev–Trinajstić information content (AvgIpc) is 3.43. The molecule has 0 aliphatic carbocycles. The van der Waals surface area contributed by atoms with Crippen molar-refractivity contribution in [1.29, 1.82) is 0 Å². The molecular weight excluding hydrogens is 482 g/mol. The molecule has 1 unspecified atom stereocenters. The van der Waals surface area contributed by atoms with Gasteiger partial charge in [-0.1, -0.05) is 63.0 Å². The number of thioether (sulfide) groups is 1. The summed E-state index contributed by atoms with van der Waals surface area (Å²) >= 11 is 6.70. The molecule has 1 amide bonds. The van der Waals surface area contributed by atoms with Crippen molar-refractivity contribution in [1.82, 2.24) is 4.90 Å². The van der Waals surface area contributed by atoms with Gasteiger partial charge in [-0.05, 0) is 59.7 Å². The Balaban J connectivity index is 1.47. The van der Waals surface area contributed by atoms with E-state index in [1.54, 1.807) is 41.3 Å². The van der Waals surface area contributed by atoms with Crippen LogP contribution in [0.15, 0.2) is 47.4 Å². The molecular formula is C27H29NO5S2. The third-order valence-corrected chi connectivity index (χ3v) is 7.34. The van der Waals surface area contributed by atoms with Gasteiger partial charge in [0.2, 0.25) is 0 Å². The molecule has 6 nitrogen and oxygen atoms in total. The van der Waals surface area contributed by atoms with E-state index >= 15 is 0 Å².